The maximum absolute atomic E-state index is 12.3. The minimum Gasteiger partial charge on any atom is -0.326 e. The number of rotatable bonds is 4. The first-order valence-electron chi connectivity index (χ1n) is 6.70. The first-order chi connectivity index (χ1) is 7.63. The van der Waals surface area contributed by atoms with Crippen LogP contribution in [0, 0.1) is 11.8 Å². The lowest BCUT2D eigenvalue weighted by atomic mass is 9.85. The summed E-state index contributed by atoms with van der Waals surface area (Å²) >= 11 is 0. The topological polar surface area (TPSA) is 32.3 Å². The van der Waals surface area contributed by atoms with Gasteiger partial charge in [0, 0.05) is 6.54 Å². The second-order valence-corrected chi connectivity index (χ2v) is 5.60. The summed E-state index contributed by atoms with van der Waals surface area (Å²) in [7, 11) is 0. The van der Waals surface area contributed by atoms with Crippen LogP contribution in [0.25, 0.3) is 0 Å². The average Bonchev–Trinajstić information content (AvgIpc) is 2.49. The molecule has 2 aliphatic rings. The van der Waals surface area contributed by atoms with Gasteiger partial charge in [-0.05, 0) is 31.1 Å². The number of carbonyl (C=O) groups is 1. The third kappa shape index (κ3) is 2.10. The molecule has 92 valence electrons. The standard InChI is InChI=1S/C13H24N2O/c1-4-11-14-12(9(2)3)13(16)15(11)8-10-6-5-7-10/h9-12,14H,4-8H2,1-3H3. The Hall–Kier alpha value is -0.570. The van der Waals surface area contributed by atoms with Gasteiger partial charge in [0.15, 0.2) is 0 Å². The molecule has 3 nitrogen and oxygen atoms in total. The van der Waals surface area contributed by atoms with Crippen LogP contribution in [0.3, 0.4) is 0 Å². The van der Waals surface area contributed by atoms with Crippen LogP contribution in [0.2, 0.25) is 0 Å². The highest BCUT2D eigenvalue weighted by Crippen LogP contribution is 2.30. The van der Waals surface area contributed by atoms with Crippen LogP contribution in [0.15, 0.2) is 0 Å². The zero-order valence-corrected chi connectivity index (χ0v) is 10.7. The van der Waals surface area contributed by atoms with Crippen molar-refractivity contribution < 1.29 is 4.79 Å². The first kappa shape index (κ1) is 11.9. The molecule has 1 heterocycles. The number of nitrogens with zero attached hydrogens (tertiary/aromatic N) is 1. The summed E-state index contributed by atoms with van der Waals surface area (Å²) in [5.41, 5.74) is 0. The highest BCUT2D eigenvalue weighted by atomic mass is 16.2. The molecule has 2 unspecified atom stereocenters. The molecule has 0 bridgehead atoms. The zero-order chi connectivity index (χ0) is 11.7. The van der Waals surface area contributed by atoms with E-state index >= 15 is 0 Å². The molecule has 16 heavy (non-hydrogen) atoms. The molecule has 0 aromatic heterocycles. The van der Waals surface area contributed by atoms with E-state index in [4.69, 9.17) is 0 Å². The Bertz CT molecular complexity index is 261. The molecule has 2 fully saturated rings. The van der Waals surface area contributed by atoms with Crippen molar-refractivity contribution >= 4 is 5.91 Å². The number of amides is 1. The fourth-order valence-corrected chi connectivity index (χ4v) is 2.69. The molecule has 2 rings (SSSR count). The van der Waals surface area contributed by atoms with Gasteiger partial charge in [-0.15, -0.1) is 0 Å². The van der Waals surface area contributed by atoms with Crippen molar-refractivity contribution in [1.29, 1.82) is 0 Å². The summed E-state index contributed by atoms with van der Waals surface area (Å²) in [5.74, 6) is 1.49. The summed E-state index contributed by atoms with van der Waals surface area (Å²) in [5, 5.41) is 3.47. The SMILES string of the molecule is CCC1NC(C(C)C)C(=O)N1CC1CCC1. The van der Waals surface area contributed by atoms with Crippen molar-refractivity contribution in [1.82, 2.24) is 10.2 Å². The van der Waals surface area contributed by atoms with Gasteiger partial charge in [-0.25, -0.2) is 0 Å². The predicted octanol–water partition coefficient (Wildman–Crippen LogP) is 1.98. The third-order valence-electron chi connectivity index (χ3n) is 4.03. The first-order valence-corrected chi connectivity index (χ1v) is 6.70. The van der Waals surface area contributed by atoms with Crippen LogP contribution in [-0.2, 0) is 4.79 Å². The van der Waals surface area contributed by atoms with Crippen molar-refractivity contribution in [2.75, 3.05) is 6.54 Å². The molecule has 0 aromatic rings. The van der Waals surface area contributed by atoms with Crippen molar-refractivity contribution in [2.45, 2.75) is 58.7 Å². The number of hydrogen-bond donors (Lipinski definition) is 1. The van der Waals surface area contributed by atoms with E-state index in [1.54, 1.807) is 0 Å². The minimum atomic E-state index is 0.0463. The Balaban J connectivity index is 2.00. The van der Waals surface area contributed by atoms with Gasteiger partial charge in [0.2, 0.25) is 5.91 Å². The smallest absolute Gasteiger partial charge is 0.241 e. The van der Waals surface area contributed by atoms with Gasteiger partial charge in [0.05, 0.1) is 12.2 Å². The Morgan fingerprint density at radius 1 is 1.44 bits per heavy atom. The van der Waals surface area contributed by atoms with Gasteiger partial charge < -0.3 is 4.90 Å². The lowest BCUT2D eigenvalue weighted by Crippen LogP contribution is -2.41. The van der Waals surface area contributed by atoms with Crippen LogP contribution < -0.4 is 5.32 Å². The number of carbonyl (C=O) groups excluding carboxylic acids is 1. The molecule has 1 amide bonds. The molecular formula is C13H24N2O. The molecule has 1 aliphatic heterocycles. The highest BCUT2D eigenvalue weighted by molar-refractivity contribution is 5.84. The molecule has 0 radical (unpaired) electrons. The molecule has 3 heteroatoms. The van der Waals surface area contributed by atoms with Crippen LogP contribution >= 0.6 is 0 Å². The molecule has 1 saturated carbocycles. The lowest BCUT2D eigenvalue weighted by molar-refractivity contribution is -0.131. The maximum Gasteiger partial charge on any atom is 0.241 e. The second kappa shape index (κ2) is 4.74. The fraction of sp³-hybridized carbons (Fsp3) is 0.923. The molecule has 0 spiro atoms. The third-order valence-corrected chi connectivity index (χ3v) is 4.03. The Kier molecular flexibility index (Phi) is 3.53. The molecule has 1 aliphatic carbocycles. The Morgan fingerprint density at radius 2 is 2.12 bits per heavy atom. The van der Waals surface area contributed by atoms with Gasteiger partial charge in [0.1, 0.15) is 0 Å². The fourth-order valence-electron chi connectivity index (χ4n) is 2.69. The van der Waals surface area contributed by atoms with E-state index in [-0.39, 0.29) is 12.2 Å². The Labute approximate surface area is 98.6 Å². The van der Waals surface area contributed by atoms with Gasteiger partial charge in [-0.1, -0.05) is 27.2 Å². The normalized spacial score (nSPS) is 31.2. The summed E-state index contributed by atoms with van der Waals surface area (Å²) < 4.78 is 0. The zero-order valence-electron chi connectivity index (χ0n) is 10.7. The van der Waals surface area contributed by atoms with Crippen molar-refractivity contribution in [3.8, 4) is 0 Å². The number of hydrogen-bond acceptors (Lipinski definition) is 2. The molecule has 1 saturated heterocycles. The quantitative estimate of drug-likeness (QED) is 0.792. The predicted molar refractivity (Wildman–Crippen MR) is 64.9 cm³/mol. The van der Waals surface area contributed by atoms with Crippen LogP contribution in [0.4, 0.5) is 0 Å². The van der Waals surface area contributed by atoms with Crippen LogP contribution in [0.1, 0.15) is 46.5 Å². The number of nitrogens with one attached hydrogen (secondary N) is 1. The van der Waals surface area contributed by atoms with E-state index in [0.29, 0.717) is 11.8 Å². The van der Waals surface area contributed by atoms with E-state index < -0.39 is 0 Å². The van der Waals surface area contributed by atoms with E-state index in [1.165, 1.54) is 19.3 Å². The summed E-state index contributed by atoms with van der Waals surface area (Å²) in [6.07, 6.45) is 5.27. The average molecular weight is 224 g/mol. The maximum atomic E-state index is 12.3. The van der Waals surface area contributed by atoms with Gasteiger partial charge in [-0.2, -0.15) is 0 Å². The molecule has 2 atom stereocenters. The summed E-state index contributed by atoms with van der Waals surface area (Å²) in [6, 6.07) is 0.0463. The van der Waals surface area contributed by atoms with Crippen molar-refractivity contribution in [2.24, 2.45) is 11.8 Å². The largest absolute Gasteiger partial charge is 0.326 e. The van der Waals surface area contributed by atoms with E-state index in [1.807, 2.05) is 0 Å². The van der Waals surface area contributed by atoms with E-state index in [9.17, 15) is 4.79 Å². The molecule has 0 aromatic carbocycles. The lowest BCUT2D eigenvalue weighted by Gasteiger charge is -2.32. The van der Waals surface area contributed by atoms with Crippen LogP contribution in [-0.4, -0.2) is 29.6 Å². The van der Waals surface area contributed by atoms with Crippen molar-refractivity contribution in [3.05, 3.63) is 0 Å². The summed E-state index contributed by atoms with van der Waals surface area (Å²) in [6.45, 7) is 7.37. The van der Waals surface area contributed by atoms with Crippen LogP contribution in [0.5, 0.6) is 0 Å². The monoisotopic (exact) mass is 224 g/mol. The summed E-state index contributed by atoms with van der Waals surface area (Å²) in [4.78, 5) is 14.3. The van der Waals surface area contributed by atoms with Gasteiger partial charge in [-0.3, -0.25) is 10.1 Å². The van der Waals surface area contributed by atoms with Gasteiger partial charge in [0.25, 0.3) is 0 Å². The molecule has 1 N–H and O–H groups in total. The second-order valence-electron chi connectivity index (χ2n) is 5.60. The minimum absolute atomic E-state index is 0.0463. The van der Waals surface area contributed by atoms with Gasteiger partial charge >= 0.3 is 0 Å². The van der Waals surface area contributed by atoms with E-state index in [2.05, 4.69) is 31.0 Å². The van der Waals surface area contributed by atoms with Crippen molar-refractivity contribution in [3.63, 3.8) is 0 Å². The Morgan fingerprint density at radius 3 is 2.56 bits per heavy atom. The molecular weight excluding hydrogens is 200 g/mol. The highest BCUT2D eigenvalue weighted by Gasteiger charge is 2.40. The van der Waals surface area contributed by atoms with E-state index in [0.717, 1.165) is 18.9 Å².